The first-order valence-corrected chi connectivity index (χ1v) is 8.70. The number of rotatable bonds is 6. The van der Waals surface area contributed by atoms with Crippen LogP contribution < -0.4 is 4.74 Å². The number of benzene rings is 1. The molecule has 0 saturated carbocycles. The van der Waals surface area contributed by atoms with Gasteiger partial charge in [0.15, 0.2) is 12.4 Å². The summed E-state index contributed by atoms with van der Waals surface area (Å²) in [7, 11) is 2.14. The summed E-state index contributed by atoms with van der Waals surface area (Å²) in [6.07, 6.45) is 3.41. The molecule has 1 unspecified atom stereocenters. The number of nitrogens with zero attached hydrogens (tertiary/aromatic N) is 4. The van der Waals surface area contributed by atoms with Crippen molar-refractivity contribution in [3.63, 3.8) is 0 Å². The number of likely N-dealkylation sites (N-methyl/N-ethyl adjacent to an activating group) is 1. The maximum Gasteiger partial charge on any atom is 0.341 e. The van der Waals surface area contributed by atoms with Gasteiger partial charge in [0.25, 0.3) is 0 Å². The van der Waals surface area contributed by atoms with Gasteiger partial charge in [-0.25, -0.2) is 14.8 Å². The van der Waals surface area contributed by atoms with Gasteiger partial charge in [0, 0.05) is 55.7 Å². The van der Waals surface area contributed by atoms with Gasteiger partial charge in [-0.2, -0.15) is 0 Å². The number of piperazine rings is 1. The first kappa shape index (κ1) is 18.3. The zero-order chi connectivity index (χ0) is 18.5. The topological polar surface area (TPSA) is 78.8 Å². The van der Waals surface area contributed by atoms with E-state index in [-0.39, 0.29) is 6.61 Å². The van der Waals surface area contributed by atoms with Gasteiger partial charge >= 0.3 is 5.97 Å². The van der Waals surface area contributed by atoms with E-state index in [0.29, 0.717) is 24.2 Å². The summed E-state index contributed by atoms with van der Waals surface area (Å²) in [5, 5.41) is 8.92. The molecule has 0 spiro atoms. The minimum absolute atomic E-state index is 0.354. The summed E-state index contributed by atoms with van der Waals surface area (Å²) in [4.78, 5) is 24.2. The molecule has 1 N–H and O–H groups in total. The van der Waals surface area contributed by atoms with E-state index in [1.165, 1.54) is 0 Å². The molecule has 1 fully saturated rings. The molecule has 2 aromatic rings. The largest absolute Gasteiger partial charge is 0.482 e. The molecule has 7 heteroatoms. The second-order valence-corrected chi connectivity index (χ2v) is 6.64. The standard InChI is InChI=1S/C19H24N4O3/c1-14-11-23(9-8-22(14)2)12-16-10-15(19-20-6-3-7-21-19)4-5-17(16)26-13-18(24)25/h3-7,10,14H,8-9,11-13H2,1-2H3,(H,24,25). The molecule has 26 heavy (non-hydrogen) atoms. The minimum atomic E-state index is -0.986. The van der Waals surface area contributed by atoms with E-state index in [4.69, 9.17) is 9.84 Å². The van der Waals surface area contributed by atoms with Crippen molar-refractivity contribution in [2.75, 3.05) is 33.3 Å². The fourth-order valence-corrected chi connectivity index (χ4v) is 3.08. The average molecular weight is 356 g/mol. The van der Waals surface area contributed by atoms with Crippen LogP contribution in [0.2, 0.25) is 0 Å². The minimum Gasteiger partial charge on any atom is -0.482 e. The van der Waals surface area contributed by atoms with Crippen molar-refractivity contribution in [1.82, 2.24) is 19.8 Å². The average Bonchev–Trinajstić information content (AvgIpc) is 2.64. The number of ether oxygens (including phenoxy) is 1. The zero-order valence-corrected chi connectivity index (χ0v) is 15.1. The Kier molecular flexibility index (Phi) is 5.80. The van der Waals surface area contributed by atoms with Crippen LogP contribution in [0.1, 0.15) is 12.5 Å². The molecule has 0 bridgehead atoms. The molecule has 7 nitrogen and oxygen atoms in total. The highest BCUT2D eigenvalue weighted by Gasteiger charge is 2.22. The van der Waals surface area contributed by atoms with Gasteiger partial charge < -0.3 is 14.7 Å². The van der Waals surface area contributed by atoms with Crippen molar-refractivity contribution in [2.45, 2.75) is 19.5 Å². The Balaban J connectivity index is 1.84. The molecule has 3 rings (SSSR count). The molecule has 138 valence electrons. The number of hydrogen-bond donors (Lipinski definition) is 1. The van der Waals surface area contributed by atoms with E-state index in [0.717, 1.165) is 30.8 Å². The van der Waals surface area contributed by atoms with Crippen molar-refractivity contribution < 1.29 is 14.6 Å². The molecule has 0 radical (unpaired) electrons. The Morgan fingerprint density at radius 1 is 1.31 bits per heavy atom. The van der Waals surface area contributed by atoms with Crippen LogP contribution in [0.4, 0.5) is 0 Å². The second kappa shape index (κ2) is 8.25. The van der Waals surface area contributed by atoms with Crippen LogP contribution in [0, 0.1) is 0 Å². The van der Waals surface area contributed by atoms with Crippen LogP contribution in [0.5, 0.6) is 5.75 Å². The van der Waals surface area contributed by atoms with Gasteiger partial charge in [-0.3, -0.25) is 4.90 Å². The number of hydrogen-bond acceptors (Lipinski definition) is 6. The lowest BCUT2D eigenvalue weighted by molar-refractivity contribution is -0.139. The van der Waals surface area contributed by atoms with Crippen LogP contribution in [0.15, 0.2) is 36.7 Å². The van der Waals surface area contributed by atoms with Gasteiger partial charge in [-0.1, -0.05) is 0 Å². The van der Waals surface area contributed by atoms with Crippen molar-refractivity contribution in [2.24, 2.45) is 0 Å². The van der Waals surface area contributed by atoms with E-state index in [1.54, 1.807) is 18.5 Å². The first-order valence-electron chi connectivity index (χ1n) is 8.70. The molecule has 2 heterocycles. The number of carboxylic acid groups (broad SMARTS) is 1. The Labute approximate surface area is 153 Å². The molecule has 1 atom stereocenters. The molecule has 0 amide bonds. The number of aromatic nitrogens is 2. The third-order valence-corrected chi connectivity index (χ3v) is 4.67. The Morgan fingerprint density at radius 2 is 2.08 bits per heavy atom. The van der Waals surface area contributed by atoms with Crippen molar-refractivity contribution >= 4 is 5.97 Å². The van der Waals surface area contributed by atoms with E-state index < -0.39 is 5.97 Å². The van der Waals surface area contributed by atoms with Gasteiger partial charge in [0.05, 0.1) is 0 Å². The third-order valence-electron chi connectivity index (χ3n) is 4.67. The Bertz CT molecular complexity index is 754. The smallest absolute Gasteiger partial charge is 0.341 e. The predicted octanol–water partition coefficient (Wildman–Crippen LogP) is 1.74. The molecule has 1 aromatic carbocycles. The highest BCUT2D eigenvalue weighted by molar-refractivity contribution is 5.68. The second-order valence-electron chi connectivity index (χ2n) is 6.64. The third kappa shape index (κ3) is 4.56. The van der Waals surface area contributed by atoms with Gasteiger partial charge in [0.1, 0.15) is 5.75 Å². The summed E-state index contributed by atoms with van der Waals surface area (Å²) in [5.41, 5.74) is 1.85. The summed E-state index contributed by atoms with van der Waals surface area (Å²) >= 11 is 0. The summed E-state index contributed by atoms with van der Waals surface area (Å²) in [6, 6.07) is 7.93. The number of carboxylic acids is 1. The lowest BCUT2D eigenvalue weighted by atomic mass is 10.1. The molecule has 1 aliphatic rings. The van der Waals surface area contributed by atoms with Gasteiger partial charge in [-0.15, -0.1) is 0 Å². The van der Waals surface area contributed by atoms with E-state index in [2.05, 4.69) is 33.7 Å². The van der Waals surface area contributed by atoms with Crippen LogP contribution >= 0.6 is 0 Å². The molecule has 1 aromatic heterocycles. The molecular formula is C19H24N4O3. The normalized spacial score (nSPS) is 18.6. The molecule has 1 saturated heterocycles. The fourth-order valence-electron chi connectivity index (χ4n) is 3.08. The van der Waals surface area contributed by atoms with E-state index in [9.17, 15) is 4.79 Å². The Hall–Kier alpha value is -2.51. The van der Waals surface area contributed by atoms with Gasteiger partial charge in [0.2, 0.25) is 0 Å². The van der Waals surface area contributed by atoms with Crippen molar-refractivity contribution in [1.29, 1.82) is 0 Å². The van der Waals surface area contributed by atoms with E-state index in [1.807, 2.05) is 18.2 Å². The van der Waals surface area contributed by atoms with Crippen LogP contribution in [-0.2, 0) is 11.3 Å². The van der Waals surface area contributed by atoms with Crippen LogP contribution in [0.25, 0.3) is 11.4 Å². The number of carbonyl (C=O) groups is 1. The zero-order valence-electron chi connectivity index (χ0n) is 15.1. The highest BCUT2D eigenvalue weighted by Crippen LogP contribution is 2.27. The molecule has 1 aliphatic heterocycles. The quantitative estimate of drug-likeness (QED) is 0.844. The van der Waals surface area contributed by atoms with Gasteiger partial charge in [-0.05, 0) is 38.2 Å². The molecule has 0 aliphatic carbocycles. The summed E-state index contributed by atoms with van der Waals surface area (Å²) < 4.78 is 5.50. The Morgan fingerprint density at radius 3 is 2.77 bits per heavy atom. The van der Waals surface area contributed by atoms with Crippen molar-refractivity contribution in [3.05, 3.63) is 42.2 Å². The molecular weight excluding hydrogens is 332 g/mol. The highest BCUT2D eigenvalue weighted by atomic mass is 16.5. The maximum atomic E-state index is 10.9. The number of aliphatic carboxylic acids is 1. The van der Waals surface area contributed by atoms with Crippen LogP contribution in [0.3, 0.4) is 0 Å². The van der Waals surface area contributed by atoms with Crippen molar-refractivity contribution in [3.8, 4) is 17.1 Å². The fraction of sp³-hybridized carbons (Fsp3) is 0.421. The maximum absolute atomic E-state index is 10.9. The first-order chi connectivity index (χ1) is 12.5. The summed E-state index contributed by atoms with van der Waals surface area (Å²) in [5.74, 6) is 0.253. The lowest BCUT2D eigenvalue weighted by Crippen LogP contribution is -2.49. The van der Waals surface area contributed by atoms with Crippen LogP contribution in [-0.4, -0.2) is 70.2 Å². The lowest BCUT2D eigenvalue weighted by Gasteiger charge is -2.37. The monoisotopic (exact) mass is 356 g/mol. The summed E-state index contributed by atoms with van der Waals surface area (Å²) in [6.45, 7) is 5.49. The SMILES string of the molecule is CC1CN(Cc2cc(-c3ncccn3)ccc2OCC(=O)O)CCN1C. The van der Waals surface area contributed by atoms with E-state index >= 15 is 0 Å². The predicted molar refractivity (Wildman–Crippen MR) is 98.0 cm³/mol.